The zero-order valence-corrected chi connectivity index (χ0v) is 12.2. The van der Waals surface area contributed by atoms with E-state index >= 15 is 0 Å². The smallest absolute Gasteiger partial charge is 0.247 e. The summed E-state index contributed by atoms with van der Waals surface area (Å²) in [7, 11) is 0. The SMILES string of the molecule is NC(=O)C(Nc1ccccc1Br)c1ncc(Cl)s1. The van der Waals surface area contributed by atoms with Gasteiger partial charge in [0, 0.05) is 10.2 Å². The van der Waals surface area contributed by atoms with Crippen LogP contribution in [0.25, 0.3) is 0 Å². The molecule has 2 aromatic rings. The highest BCUT2D eigenvalue weighted by Crippen LogP contribution is 2.29. The van der Waals surface area contributed by atoms with Gasteiger partial charge in [-0.05, 0) is 28.1 Å². The standard InChI is InChI=1S/C11H9BrClN3OS/c12-6-3-1-2-4-7(6)16-9(10(14)17)11-15-5-8(13)18-11/h1-5,9,16H,(H2,14,17). The van der Waals surface area contributed by atoms with E-state index in [0.29, 0.717) is 9.34 Å². The number of nitrogens with zero attached hydrogens (tertiary/aromatic N) is 1. The molecular weight excluding hydrogens is 338 g/mol. The van der Waals surface area contributed by atoms with Crippen molar-refractivity contribution in [1.29, 1.82) is 0 Å². The van der Waals surface area contributed by atoms with Crippen LogP contribution in [0.15, 0.2) is 34.9 Å². The second-order valence-corrected chi connectivity index (χ2v) is 6.01. The van der Waals surface area contributed by atoms with Gasteiger partial charge in [0.1, 0.15) is 9.34 Å². The van der Waals surface area contributed by atoms with Gasteiger partial charge in [-0.1, -0.05) is 23.7 Å². The molecule has 1 amide bonds. The third-order valence-electron chi connectivity index (χ3n) is 2.20. The zero-order chi connectivity index (χ0) is 13.1. The quantitative estimate of drug-likeness (QED) is 0.893. The predicted molar refractivity (Wildman–Crippen MR) is 76.8 cm³/mol. The van der Waals surface area contributed by atoms with E-state index in [1.54, 1.807) is 0 Å². The van der Waals surface area contributed by atoms with E-state index in [1.165, 1.54) is 17.5 Å². The number of benzene rings is 1. The number of nitrogens with two attached hydrogens (primary N) is 1. The van der Waals surface area contributed by atoms with Crippen molar-refractivity contribution in [3.05, 3.63) is 44.3 Å². The van der Waals surface area contributed by atoms with Crippen LogP contribution in [-0.2, 0) is 4.79 Å². The summed E-state index contributed by atoms with van der Waals surface area (Å²) in [4.78, 5) is 15.6. The fourth-order valence-electron chi connectivity index (χ4n) is 1.39. The number of para-hydroxylation sites is 1. The van der Waals surface area contributed by atoms with Gasteiger partial charge in [-0.3, -0.25) is 4.79 Å². The number of aromatic nitrogens is 1. The first-order chi connectivity index (χ1) is 8.58. The average molecular weight is 347 g/mol. The summed E-state index contributed by atoms with van der Waals surface area (Å²) in [6, 6.07) is 6.76. The molecular formula is C11H9BrClN3OS. The minimum absolute atomic E-state index is 0.503. The first-order valence-corrected chi connectivity index (χ1v) is 6.98. The fraction of sp³-hybridized carbons (Fsp3) is 0.0909. The second kappa shape index (κ2) is 5.69. The van der Waals surface area contributed by atoms with Crippen molar-refractivity contribution in [2.45, 2.75) is 6.04 Å². The van der Waals surface area contributed by atoms with E-state index in [-0.39, 0.29) is 0 Å². The summed E-state index contributed by atoms with van der Waals surface area (Å²) in [5.74, 6) is -0.503. The van der Waals surface area contributed by atoms with Crippen molar-refractivity contribution in [3.8, 4) is 0 Å². The van der Waals surface area contributed by atoms with Gasteiger partial charge in [-0.25, -0.2) is 4.98 Å². The Morgan fingerprint density at radius 1 is 1.50 bits per heavy atom. The number of amides is 1. The number of carbonyl (C=O) groups is 1. The molecule has 0 spiro atoms. The summed E-state index contributed by atoms with van der Waals surface area (Å²) in [6.45, 7) is 0. The highest BCUT2D eigenvalue weighted by atomic mass is 79.9. The van der Waals surface area contributed by atoms with Crippen molar-refractivity contribution >= 4 is 50.5 Å². The molecule has 0 aliphatic heterocycles. The Bertz CT molecular complexity index is 575. The molecule has 1 aromatic heterocycles. The summed E-state index contributed by atoms with van der Waals surface area (Å²) in [5, 5.41) is 3.59. The third-order valence-corrected chi connectivity index (χ3v) is 4.07. The Kier molecular flexibility index (Phi) is 4.21. The molecule has 1 aromatic carbocycles. The Morgan fingerprint density at radius 3 is 2.78 bits per heavy atom. The van der Waals surface area contributed by atoms with Crippen LogP contribution < -0.4 is 11.1 Å². The van der Waals surface area contributed by atoms with Crippen molar-refractivity contribution in [1.82, 2.24) is 4.98 Å². The Balaban J connectivity index is 2.28. The van der Waals surface area contributed by atoms with Gasteiger partial charge >= 0.3 is 0 Å². The van der Waals surface area contributed by atoms with Crippen LogP contribution in [-0.4, -0.2) is 10.9 Å². The first-order valence-electron chi connectivity index (χ1n) is 4.99. The van der Waals surface area contributed by atoms with Gasteiger partial charge in [0.15, 0.2) is 6.04 Å². The normalized spacial score (nSPS) is 12.1. The van der Waals surface area contributed by atoms with Gasteiger partial charge < -0.3 is 11.1 Å². The Hall–Kier alpha value is -1.11. The Labute approximate surface area is 121 Å². The summed E-state index contributed by atoms with van der Waals surface area (Å²) in [6.07, 6.45) is 1.50. The van der Waals surface area contributed by atoms with Crippen molar-refractivity contribution in [2.24, 2.45) is 5.73 Å². The lowest BCUT2D eigenvalue weighted by Crippen LogP contribution is -2.27. The molecule has 0 saturated carbocycles. The lowest BCUT2D eigenvalue weighted by Gasteiger charge is -2.15. The molecule has 0 bridgehead atoms. The van der Waals surface area contributed by atoms with Crippen LogP contribution in [0.4, 0.5) is 5.69 Å². The van der Waals surface area contributed by atoms with E-state index in [1.807, 2.05) is 24.3 Å². The maximum Gasteiger partial charge on any atom is 0.247 e. The maximum absolute atomic E-state index is 11.5. The van der Waals surface area contributed by atoms with E-state index < -0.39 is 11.9 Å². The van der Waals surface area contributed by atoms with Crippen LogP contribution >= 0.6 is 38.9 Å². The van der Waals surface area contributed by atoms with E-state index in [9.17, 15) is 4.79 Å². The average Bonchev–Trinajstić information content (AvgIpc) is 2.74. The van der Waals surface area contributed by atoms with Crippen molar-refractivity contribution in [3.63, 3.8) is 0 Å². The van der Waals surface area contributed by atoms with Crippen LogP contribution in [0, 0.1) is 0 Å². The first kappa shape index (κ1) is 13.3. The summed E-state index contributed by atoms with van der Waals surface area (Å²) >= 11 is 10.4. The number of thiazole rings is 1. The van der Waals surface area contributed by atoms with Crippen LogP contribution in [0.3, 0.4) is 0 Å². The Morgan fingerprint density at radius 2 is 2.22 bits per heavy atom. The van der Waals surface area contributed by atoms with Crippen LogP contribution in [0.1, 0.15) is 11.0 Å². The molecule has 0 aliphatic carbocycles. The van der Waals surface area contributed by atoms with Gasteiger partial charge in [0.05, 0.1) is 6.20 Å². The number of primary amides is 1. The number of nitrogens with one attached hydrogen (secondary N) is 1. The van der Waals surface area contributed by atoms with Crippen LogP contribution in [0.5, 0.6) is 0 Å². The topological polar surface area (TPSA) is 68.0 Å². The number of halogens is 2. The number of hydrogen-bond acceptors (Lipinski definition) is 4. The molecule has 0 fully saturated rings. The minimum Gasteiger partial charge on any atom is -0.368 e. The molecule has 7 heteroatoms. The minimum atomic E-state index is -0.693. The molecule has 4 nitrogen and oxygen atoms in total. The zero-order valence-electron chi connectivity index (χ0n) is 9.06. The summed E-state index contributed by atoms with van der Waals surface area (Å²) < 4.78 is 1.36. The second-order valence-electron chi connectivity index (χ2n) is 3.46. The summed E-state index contributed by atoms with van der Waals surface area (Å²) in [5.41, 5.74) is 6.15. The van der Waals surface area contributed by atoms with Crippen molar-refractivity contribution in [2.75, 3.05) is 5.32 Å². The molecule has 0 saturated heterocycles. The van der Waals surface area contributed by atoms with Gasteiger partial charge in [-0.15, -0.1) is 11.3 Å². The lowest BCUT2D eigenvalue weighted by atomic mass is 10.2. The number of rotatable bonds is 4. The molecule has 1 heterocycles. The number of carbonyl (C=O) groups excluding carboxylic acids is 1. The van der Waals surface area contributed by atoms with Gasteiger partial charge in [0.25, 0.3) is 0 Å². The lowest BCUT2D eigenvalue weighted by molar-refractivity contribution is -0.118. The van der Waals surface area contributed by atoms with Gasteiger partial charge in [0.2, 0.25) is 5.91 Å². The fourth-order valence-corrected chi connectivity index (χ4v) is 2.78. The highest BCUT2D eigenvalue weighted by molar-refractivity contribution is 9.10. The maximum atomic E-state index is 11.5. The molecule has 94 valence electrons. The number of hydrogen-bond donors (Lipinski definition) is 2. The highest BCUT2D eigenvalue weighted by Gasteiger charge is 2.21. The third kappa shape index (κ3) is 3.01. The van der Waals surface area contributed by atoms with E-state index in [4.69, 9.17) is 17.3 Å². The number of anilines is 1. The molecule has 1 atom stereocenters. The largest absolute Gasteiger partial charge is 0.368 e. The van der Waals surface area contributed by atoms with E-state index in [0.717, 1.165) is 10.2 Å². The molecule has 3 N–H and O–H groups in total. The predicted octanol–water partition coefficient (Wildman–Crippen LogP) is 3.20. The van der Waals surface area contributed by atoms with Crippen LogP contribution in [0.2, 0.25) is 4.34 Å². The van der Waals surface area contributed by atoms with Crippen molar-refractivity contribution < 1.29 is 4.79 Å². The molecule has 1 unspecified atom stereocenters. The molecule has 2 rings (SSSR count). The molecule has 18 heavy (non-hydrogen) atoms. The molecule has 0 aliphatic rings. The van der Waals surface area contributed by atoms with Gasteiger partial charge in [-0.2, -0.15) is 0 Å². The molecule has 0 radical (unpaired) electrons. The monoisotopic (exact) mass is 345 g/mol. The van der Waals surface area contributed by atoms with E-state index in [2.05, 4.69) is 26.2 Å².